The van der Waals surface area contributed by atoms with Crippen molar-refractivity contribution in [3.63, 3.8) is 0 Å². The molecule has 3 rings (SSSR count). The van der Waals surface area contributed by atoms with E-state index in [0.29, 0.717) is 24.5 Å². The Morgan fingerprint density at radius 1 is 0.949 bits per heavy atom. The first-order chi connectivity index (χ1) is 18.6. The Hall–Kier alpha value is -3.92. The highest BCUT2D eigenvalue weighted by Crippen LogP contribution is 2.23. The second-order valence-corrected chi connectivity index (χ2v) is 11.1. The highest BCUT2D eigenvalue weighted by molar-refractivity contribution is 7.92. The van der Waals surface area contributed by atoms with Gasteiger partial charge in [0.15, 0.2) is 0 Å². The smallest absolute Gasteiger partial charge is 0.244 e. The number of carbonyl (C=O) groups is 2. The summed E-state index contributed by atoms with van der Waals surface area (Å²) in [5.74, 6) is -0.821. The molecule has 0 fully saturated rings. The molecule has 0 unspecified atom stereocenters. The molecule has 0 aliphatic heterocycles. The number of halogens is 1. The lowest BCUT2D eigenvalue weighted by atomic mass is 10.1. The summed E-state index contributed by atoms with van der Waals surface area (Å²) in [7, 11) is -3.86. The Labute approximate surface area is 229 Å². The van der Waals surface area contributed by atoms with E-state index in [2.05, 4.69) is 5.32 Å². The third-order valence-electron chi connectivity index (χ3n) is 6.03. The van der Waals surface area contributed by atoms with Crippen LogP contribution in [0.1, 0.15) is 31.4 Å². The molecule has 0 spiro atoms. The number of carbonyl (C=O) groups excluding carboxylic acids is 2. The standard InChI is InChI=1S/C29H34FN3O5S/c1-4-18-31-29(35)22(2)32(19-23-10-12-25(30)13-11-23)28(34)20-33(39(3,36)37)26-14-16-27(17-15-26)38-21-24-8-6-5-7-9-24/h5-17,22H,4,18-21H2,1-3H3,(H,31,35)/t22-/m0/s1. The fourth-order valence-corrected chi connectivity index (χ4v) is 4.68. The van der Waals surface area contributed by atoms with Crippen molar-refractivity contribution in [3.8, 4) is 5.75 Å². The maximum absolute atomic E-state index is 13.5. The minimum Gasteiger partial charge on any atom is -0.489 e. The van der Waals surface area contributed by atoms with Gasteiger partial charge in [0.2, 0.25) is 21.8 Å². The number of nitrogens with one attached hydrogen (secondary N) is 1. The first-order valence-corrected chi connectivity index (χ1v) is 14.5. The quantitative estimate of drug-likeness (QED) is 0.343. The molecular formula is C29H34FN3O5S. The number of anilines is 1. The summed E-state index contributed by atoms with van der Waals surface area (Å²) >= 11 is 0. The van der Waals surface area contributed by atoms with Gasteiger partial charge >= 0.3 is 0 Å². The van der Waals surface area contributed by atoms with Crippen LogP contribution in [0.5, 0.6) is 5.75 Å². The molecule has 0 heterocycles. The van der Waals surface area contributed by atoms with Crippen LogP contribution in [0.4, 0.5) is 10.1 Å². The SMILES string of the molecule is CCCNC(=O)[C@H](C)N(Cc1ccc(F)cc1)C(=O)CN(c1ccc(OCc2ccccc2)cc1)S(C)(=O)=O. The van der Waals surface area contributed by atoms with Crippen LogP contribution < -0.4 is 14.4 Å². The molecule has 1 N–H and O–H groups in total. The van der Waals surface area contributed by atoms with Gasteiger partial charge in [0, 0.05) is 13.1 Å². The summed E-state index contributed by atoms with van der Waals surface area (Å²) in [6, 6.07) is 20.7. The van der Waals surface area contributed by atoms with Crippen LogP contribution in [-0.4, -0.2) is 50.5 Å². The number of sulfonamides is 1. The van der Waals surface area contributed by atoms with Crippen molar-refractivity contribution < 1.29 is 27.1 Å². The molecule has 0 aliphatic carbocycles. The lowest BCUT2D eigenvalue weighted by Gasteiger charge is -2.31. The molecule has 0 saturated carbocycles. The average molecular weight is 556 g/mol. The third-order valence-corrected chi connectivity index (χ3v) is 7.18. The molecule has 0 bridgehead atoms. The predicted molar refractivity (Wildman–Crippen MR) is 149 cm³/mol. The van der Waals surface area contributed by atoms with E-state index in [0.717, 1.165) is 22.5 Å². The van der Waals surface area contributed by atoms with Crippen LogP contribution in [0.3, 0.4) is 0 Å². The van der Waals surface area contributed by atoms with Gasteiger partial charge in [-0.3, -0.25) is 13.9 Å². The number of ether oxygens (including phenoxy) is 1. The van der Waals surface area contributed by atoms with Crippen LogP contribution in [0.15, 0.2) is 78.9 Å². The molecular weight excluding hydrogens is 521 g/mol. The highest BCUT2D eigenvalue weighted by atomic mass is 32.2. The van der Waals surface area contributed by atoms with E-state index in [-0.39, 0.29) is 18.1 Å². The Morgan fingerprint density at radius 3 is 2.18 bits per heavy atom. The fraction of sp³-hybridized carbons (Fsp3) is 0.310. The van der Waals surface area contributed by atoms with Crippen LogP contribution in [0, 0.1) is 5.82 Å². The highest BCUT2D eigenvalue weighted by Gasteiger charge is 2.30. The topological polar surface area (TPSA) is 96.0 Å². The van der Waals surface area contributed by atoms with Gasteiger partial charge in [0.1, 0.15) is 30.8 Å². The first-order valence-electron chi connectivity index (χ1n) is 12.6. The number of hydrogen-bond acceptors (Lipinski definition) is 5. The number of nitrogens with zero attached hydrogens (tertiary/aromatic N) is 2. The van der Waals surface area contributed by atoms with Gasteiger partial charge in [0.05, 0.1) is 11.9 Å². The molecule has 3 aromatic rings. The van der Waals surface area contributed by atoms with Gasteiger partial charge < -0.3 is 15.0 Å². The molecule has 208 valence electrons. The Balaban J connectivity index is 1.80. The van der Waals surface area contributed by atoms with Crippen molar-refractivity contribution in [3.05, 3.63) is 95.8 Å². The molecule has 0 aromatic heterocycles. The third kappa shape index (κ3) is 8.81. The van der Waals surface area contributed by atoms with Crippen molar-refractivity contribution >= 4 is 27.5 Å². The Kier molecular flexibility index (Phi) is 10.4. The predicted octanol–water partition coefficient (Wildman–Crippen LogP) is 4.11. The maximum atomic E-state index is 13.5. The Morgan fingerprint density at radius 2 is 1.59 bits per heavy atom. The molecule has 3 aromatic carbocycles. The number of amides is 2. The van der Waals surface area contributed by atoms with Crippen molar-refractivity contribution in [2.45, 2.75) is 39.5 Å². The van der Waals surface area contributed by atoms with E-state index in [1.807, 2.05) is 37.3 Å². The number of rotatable bonds is 13. The minimum absolute atomic E-state index is 0.00366. The normalized spacial score (nSPS) is 11.9. The van der Waals surface area contributed by atoms with E-state index in [9.17, 15) is 22.4 Å². The van der Waals surface area contributed by atoms with Crippen LogP contribution >= 0.6 is 0 Å². The summed E-state index contributed by atoms with van der Waals surface area (Å²) in [5, 5.41) is 2.77. The number of hydrogen-bond donors (Lipinski definition) is 1. The van der Waals surface area contributed by atoms with E-state index in [4.69, 9.17) is 4.74 Å². The van der Waals surface area contributed by atoms with E-state index in [1.165, 1.54) is 29.2 Å². The maximum Gasteiger partial charge on any atom is 0.244 e. The van der Waals surface area contributed by atoms with E-state index >= 15 is 0 Å². The van der Waals surface area contributed by atoms with Gasteiger partial charge in [-0.25, -0.2) is 12.8 Å². The van der Waals surface area contributed by atoms with Crippen molar-refractivity contribution in [1.82, 2.24) is 10.2 Å². The van der Waals surface area contributed by atoms with E-state index < -0.39 is 34.3 Å². The van der Waals surface area contributed by atoms with Crippen LogP contribution in [-0.2, 0) is 32.8 Å². The minimum atomic E-state index is -3.86. The lowest BCUT2D eigenvalue weighted by molar-refractivity contribution is -0.139. The summed E-state index contributed by atoms with van der Waals surface area (Å²) in [6.45, 7) is 3.77. The zero-order chi connectivity index (χ0) is 28.4. The first kappa shape index (κ1) is 29.6. The average Bonchev–Trinajstić information content (AvgIpc) is 2.93. The summed E-state index contributed by atoms with van der Waals surface area (Å²) in [4.78, 5) is 27.6. The molecule has 0 radical (unpaired) electrons. The molecule has 39 heavy (non-hydrogen) atoms. The van der Waals surface area contributed by atoms with Gasteiger partial charge in [-0.15, -0.1) is 0 Å². The Bertz CT molecular complexity index is 1330. The summed E-state index contributed by atoms with van der Waals surface area (Å²) in [6.07, 6.45) is 1.74. The monoisotopic (exact) mass is 555 g/mol. The zero-order valence-corrected chi connectivity index (χ0v) is 23.2. The second-order valence-electron chi connectivity index (χ2n) is 9.15. The lowest BCUT2D eigenvalue weighted by Crippen LogP contribution is -2.51. The molecule has 8 nitrogen and oxygen atoms in total. The molecule has 10 heteroatoms. The van der Waals surface area contributed by atoms with E-state index in [1.54, 1.807) is 31.2 Å². The second kappa shape index (κ2) is 13.7. The fourth-order valence-electron chi connectivity index (χ4n) is 3.83. The van der Waals surface area contributed by atoms with Crippen LogP contribution in [0.2, 0.25) is 0 Å². The summed E-state index contributed by atoms with van der Waals surface area (Å²) in [5.41, 5.74) is 1.87. The van der Waals surface area contributed by atoms with Gasteiger partial charge in [-0.2, -0.15) is 0 Å². The van der Waals surface area contributed by atoms with Gasteiger partial charge in [-0.1, -0.05) is 49.4 Å². The van der Waals surface area contributed by atoms with Crippen molar-refractivity contribution in [1.29, 1.82) is 0 Å². The largest absolute Gasteiger partial charge is 0.489 e. The molecule has 2 amide bonds. The van der Waals surface area contributed by atoms with Crippen molar-refractivity contribution in [2.75, 3.05) is 23.7 Å². The van der Waals surface area contributed by atoms with Crippen molar-refractivity contribution in [2.24, 2.45) is 0 Å². The van der Waals surface area contributed by atoms with Gasteiger partial charge in [-0.05, 0) is 60.9 Å². The molecule has 0 aliphatic rings. The number of benzene rings is 3. The van der Waals surface area contributed by atoms with Crippen LogP contribution in [0.25, 0.3) is 0 Å². The molecule has 1 atom stereocenters. The zero-order valence-electron chi connectivity index (χ0n) is 22.3. The van der Waals surface area contributed by atoms with Gasteiger partial charge in [0.25, 0.3) is 0 Å². The summed E-state index contributed by atoms with van der Waals surface area (Å²) < 4.78 is 45.7. The molecule has 0 saturated heterocycles.